The van der Waals surface area contributed by atoms with Crippen LogP contribution in [0.1, 0.15) is 56.3 Å². The first-order chi connectivity index (χ1) is 11.5. The molecule has 0 bridgehead atoms. The molecule has 0 aromatic heterocycles. The average molecular weight is 330 g/mol. The van der Waals surface area contributed by atoms with E-state index in [9.17, 15) is 4.79 Å². The van der Waals surface area contributed by atoms with Crippen molar-refractivity contribution in [1.29, 1.82) is 0 Å². The molecule has 132 valence electrons. The molecule has 0 radical (unpaired) electrons. The molecule has 4 heteroatoms. The van der Waals surface area contributed by atoms with E-state index < -0.39 is 0 Å². The minimum atomic E-state index is 0.0561. The van der Waals surface area contributed by atoms with Gasteiger partial charge in [0, 0.05) is 13.1 Å². The van der Waals surface area contributed by atoms with E-state index in [1.807, 2.05) is 0 Å². The highest BCUT2D eigenvalue weighted by atomic mass is 16.5. The molecule has 1 N–H and O–H groups in total. The molecular formula is C20H30N2O2. The van der Waals surface area contributed by atoms with E-state index in [2.05, 4.69) is 49.2 Å². The Balaban J connectivity index is 1.56. The Morgan fingerprint density at radius 2 is 1.88 bits per heavy atom. The van der Waals surface area contributed by atoms with E-state index in [-0.39, 0.29) is 24.2 Å². The van der Waals surface area contributed by atoms with Crippen molar-refractivity contribution >= 4 is 5.91 Å². The minimum absolute atomic E-state index is 0.0561. The van der Waals surface area contributed by atoms with Crippen LogP contribution in [0.15, 0.2) is 18.2 Å². The van der Waals surface area contributed by atoms with Gasteiger partial charge < -0.3 is 10.1 Å². The van der Waals surface area contributed by atoms with Crippen molar-refractivity contribution in [2.75, 3.05) is 19.6 Å². The molecule has 1 amide bonds. The lowest BCUT2D eigenvalue weighted by atomic mass is 9.89. The number of hydrogen-bond donors (Lipinski definition) is 1. The van der Waals surface area contributed by atoms with Gasteiger partial charge in [-0.3, -0.25) is 9.69 Å². The molecule has 2 aliphatic rings. The summed E-state index contributed by atoms with van der Waals surface area (Å²) < 4.78 is 5.73. The Hall–Kier alpha value is -1.39. The van der Waals surface area contributed by atoms with Gasteiger partial charge in [0.2, 0.25) is 5.91 Å². The summed E-state index contributed by atoms with van der Waals surface area (Å²) in [4.78, 5) is 14.6. The van der Waals surface area contributed by atoms with E-state index in [1.165, 1.54) is 42.4 Å². The third-order valence-electron chi connectivity index (χ3n) is 5.11. The number of amides is 1. The third-order valence-corrected chi connectivity index (χ3v) is 5.11. The molecule has 4 nitrogen and oxygen atoms in total. The number of nitrogens with one attached hydrogen (secondary N) is 1. The molecule has 0 unspecified atom stereocenters. The number of benzene rings is 1. The number of morpholine rings is 1. The maximum atomic E-state index is 12.4. The molecule has 0 spiro atoms. The summed E-state index contributed by atoms with van der Waals surface area (Å²) in [6, 6.07) is 6.77. The SMILES string of the molecule is C[C@@H]1CN(CC(=O)N[C@@H](C)c2ccc3c(c2)CCCC3)C[C@@H](C)O1. The first-order valence-electron chi connectivity index (χ1n) is 9.30. The highest BCUT2D eigenvalue weighted by Crippen LogP contribution is 2.24. The van der Waals surface area contributed by atoms with Crippen LogP contribution < -0.4 is 5.32 Å². The number of carbonyl (C=O) groups excluding carboxylic acids is 1. The zero-order valence-electron chi connectivity index (χ0n) is 15.2. The molecule has 3 atom stereocenters. The number of carbonyl (C=O) groups is 1. The second kappa shape index (κ2) is 7.66. The molecule has 1 aromatic carbocycles. The van der Waals surface area contributed by atoms with Gasteiger partial charge in [-0.25, -0.2) is 0 Å². The summed E-state index contributed by atoms with van der Waals surface area (Å²) in [5.41, 5.74) is 4.17. The minimum Gasteiger partial charge on any atom is -0.373 e. The lowest BCUT2D eigenvalue weighted by Gasteiger charge is -2.35. The number of hydrogen-bond acceptors (Lipinski definition) is 3. The molecule has 1 aromatic rings. The Kier molecular flexibility index (Phi) is 5.57. The molecular weight excluding hydrogens is 300 g/mol. The summed E-state index contributed by atoms with van der Waals surface area (Å²) in [6.07, 6.45) is 5.34. The van der Waals surface area contributed by atoms with E-state index in [4.69, 9.17) is 4.74 Å². The van der Waals surface area contributed by atoms with Crippen molar-refractivity contribution in [3.63, 3.8) is 0 Å². The van der Waals surface area contributed by atoms with Crippen LogP contribution >= 0.6 is 0 Å². The molecule has 3 rings (SSSR count). The van der Waals surface area contributed by atoms with Gasteiger partial charge in [-0.05, 0) is 63.1 Å². The number of nitrogens with zero attached hydrogens (tertiary/aromatic N) is 1. The second-order valence-electron chi connectivity index (χ2n) is 7.48. The quantitative estimate of drug-likeness (QED) is 0.923. The monoisotopic (exact) mass is 330 g/mol. The Morgan fingerprint density at radius 1 is 1.21 bits per heavy atom. The van der Waals surface area contributed by atoms with Crippen LogP contribution in [0.2, 0.25) is 0 Å². The molecule has 1 aliphatic carbocycles. The van der Waals surface area contributed by atoms with Crippen LogP contribution in [0.5, 0.6) is 0 Å². The van der Waals surface area contributed by atoms with Crippen molar-refractivity contribution in [3.8, 4) is 0 Å². The van der Waals surface area contributed by atoms with Crippen LogP contribution in [-0.2, 0) is 22.4 Å². The van der Waals surface area contributed by atoms with Gasteiger partial charge >= 0.3 is 0 Å². The number of aryl methyl sites for hydroxylation is 2. The summed E-state index contributed by atoms with van der Waals surface area (Å²) >= 11 is 0. The maximum Gasteiger partial charge on any atom is 0.234 e. The van der Waals surface area contributed by atoms with Crippen molar-refractivity contribution in [2.45, 2.75) is 64.7 Å². The molecule has 1 fully saturated rings. The second-order valence-corrected chi connectivity index (χ2v) is 7.48. The average Bonchev–Trinajstić information content (AvgIpc) is 2.53. The standard InChI is InChI=1S/C20H30N2O2/c1-14-11-22(12-15(2)24-14)13-20(23)21-16(3)18-9-8-17-6-4-5-7-19(17)10-18/h8-10,14-16H,4-7,11-13H2,1-3H3,(H,21,23)/t14-,15-,16+/m1/s1. The van der Waals surface area contributed by atoms with Gasteiger partial charge in [-0.2, -0.15) is 0 Å². The number of rotatable bonds is 4. The fourth-order valence-corrected chi connectivity index (χ4v) is 4.01. The van der Waals surface area contributed by atoms with Crippen LogP contribution in [-0.4, -0.2) is 42.6 Å². The summed E-state index contributed by atoms with van der Waals surface area (Å²) in [7, 11) is 0. The fourth-order valence-electron chi connectivity index (χ4n) is 4.01. The molecule has 0 saturated carbocycles. The van der Waals surface area contributed by atoms with E-state index >= 15 is 0 Å². The van der Waals surface area contributed by atoms with Crippen LogP contribution in [0.4, 0.5) is 0 Å². The maximum absolute atomic E-state index is 12.4. The molecule has 1 heterocycles. The van der Waals surface area contributed by atoms with Crippen molar-refractivity contribution in [3.05, 3.63) is 34.9 Å². The largest absolute Gasteiger partial charge is 0.373 e. The number of fused-ring (bicyclic) bond motifs is 1. The Labute approximate surface area is 145 Å². The fraction of sp³-hybridized carbons (Fsp3) is 0.650. The lowest BCUT2D eigenvalue weighted by Crippen LogP contribution is -2.49. The van der Waals surface area contributed by atoms with Gasteiger partial charge in [-0.15, -0.1) is 0 Å². The van der Waals surface area contributed by atoms with E-state index in [0.29, 0.717) is 6.54 Å². The van der Waals surface area contributed by atoms with E-state index in [1.54, 1.807) is 0 Å². The first-order valence-corrected chi connectivity index (χ1v) is 9.30. The zero-order chi connectivity index (χ0) is 17.1. The molecule has 24 heavy (non-hydrogen) atoms. The van der Waals surface area contributed by atoms with Gasteiger partial charge in [0.25, 0.3) is 0 Å². The normalized spacial score (nSPS) is 25.8. The lowest BCUT2D eigenvalue weighted by molar-refractivity contribution is -0.126. The van der Waals surface area contributed by atoms with Crippen LogP contribution in [0.3, 0.4) is 0 Å². The predicted octanol–water partition coefficient (Wildman–Crippen LogP) is 2.85. The Morgan fingerprint density at radius 3 is 2.58 bits per heavy atom. The van der Waals surface area contributed by atoms with Crippen LogP contribution in [0, 0.1) is 0 Å². The predicted molar refractivity (Wildman–Crippen MR) is 96.1 cm³/mol. The van der Waals surface area contributed by atoms with Gasteiger partial charge in [0.1, 0.15) is 0 Å². The molecule has 1 aliphatic heterocycles. The highest BCUT2D eigenvalue weighted by molar-refractivity contribution is 5.78. The molecule has 1 saturated heterocycles. The summed E-state index contributed by atoms with van der Waals surface area (Å²) in [5.74, 6) is 0.0986. The van der Waals surface area contributed by atoms with Gasteiger partial charge in [0.05, 0.1) is 24.8 Å². The first kappa shape index (κ1) is 17.4. The van der Waals surface area contributed by atoms with Crippen molar-refractivity contribution in [2.24, 2.45) is 0 Å². The smallest absolute Gasteiger partial charge is 0.234 e. The number of ether oxygens (including phenoxy) is 1. The highest BCUT2D eigenvalue weighted by Gasteiger charge is 2.24. The van der Waals surface area contributed by atoms with Gasteiger partial charge in [0.15, 0.2) is 0 Å². The third kappa shape index (κ3) is 4.37. The van der Waals surface area contributed by atoms with E-state index in [0.717, 1.165) is 13.1 Å². The summed E-state index contributed by atoms with van der Waals surface area (Å²) in [5, 5.41) is 3.16. The van der Waals surface area contributed by atoms with Crippen molar-refractivity contribution in [1.82, 2.24) is 10.2 Å². The zero-order valence-corrected chi connectivity index (χ0v) is 15.2. The van der Waals surface area contributed by atoms with Crippen molar-refractivity contribution < 1.29 is 9.53 Å². The topological polar surface area (TPSA) is 41.6 Å². The summed E-state index contributed by atoms with van der Waals surface area (Å²) in [6.45, 7) is 8.31. The van der Waals surface area contributed by atoms with Gasteiger partial charge in [-0.1, -0.05) is 18.2 Å². The van der Waals surface area contributed by atoms with Crippen LogP contribution in [0.25, 0.3) is 0 Å². The Bertz CT molecular complexity index is 577.